The van der Waals surface area contributed by atoms with Crippen molar-refractivity contribution in [2.75, 3.05) is 0 Å². The Balaban J connectivity index is 0.000000205. The molecule has 698 valence electrons. The van der Waals surface area contributed by atoms with Gasteiger partial charge in [0.05, 0.1) is 10.6 Å². The summed E-state index contributed by atoms with van der Waals surface area (Å²) in [6.45, 7) is 0. The van der Waals surface area contributed by atoms with Crippen LogP contribution in [0.1, 0.15) is 0 Å². The van der Waals surface area contributed by atoms with Gasteiger partial charge in [0.25, 0.3) is 0 Å². The van der Waals surface area contributed by atoms with Gasteiger partial charge in [-0.3, -0.25) is 0 Å². The standard InChI is InChI=1S/C41H27NS3.C16H11BrS.C9H5Br2NS.S55/c1-6-16-28(17-7-1)35-26-33(38(43-35)30-20-10-3-11-21-30)37-40(45-41(42-37)32-24-14-5-15-25-32)34-27-36(29-18-8-2-9-19-29)44-39(34)31-22-12-4-13-23-31;17-14-11-15(12-7-3-1-4-8-12)18-16(14)13-9-5-2-6-10-13;10-7-8(11)13-9(12-7)6-4-2-1-3-5-6;1-3-5-7-9-11-13-15-17-19-21-23-25-27-29-31-33-35-37-39-41-43-45-47-49-51-53-55-54-52-50-48-46-44-42-40-38-36-34-32-30-28-26-24-22-20-18-16-14-12-10-8-6-4-2/h1-27H;1-11H;1-5H;. The molecule has 5 heterocycles. The molecule has 0 atom stereocenters. The lowest BCUT2D eigenvalue weighted by atomic mass is 10.0. The van der Waals surface area contributed by atoms with Gasteiger partial charge in [-0.15, -0.1) is 56.7 Å². The minimum absolute atomic E-state index is 0.872. The van der Waals surface area contributed by atoms with E-state index in [1.807, 2.05) is 411 Å². The molecule has 13 rings (SSSR count). The summed E-state index contributed by atoms with van der Waals surface area (Å²) in [6.07, 6.45) is 0. The third-order valence-electron chi connectivity index (χ3n) is 13.6. The van der Waals surface area contributed by atoms with E-state index in [2.05, 4.69) is 283 Å². The van der Waals surface area contributed by atoms with Crippen molar-refractivity contribution in [3.8, 4) is 105 Å². The van der Waals surface area contributed by atoms with Crippen molar-refractivity contribution >= 4 is 598 Å². The largest absolute Gasteiger partial charge is 0.235 e. The summed E-state index contributed by atoms with van der Waals surface area (Å²) < 4.78 is 3.07. The van der Waals surface area contributed by atoms with E-state index in [4.69, 9.17) is 27.4 Å². The maximum absolute atomic E-state index is 5.47. The van der Waals surface area contributed by atoms with Crippen molar-refractivity contribution in [2.45, 2.75) is 0 Å². The average molecular weight is 3030 g/mol. The SMILES string of the molecule is Brc1cc(-c2ccccc2)sc1-c1ccccc1.Brc1nc(-c2ccccc2)sc1Br.S=S=S=S=S=S=S=S=S=S=S=S=S=S=S=S=S=S=S=S=S=S=S=S=S=S=S=S=S=S=S=S=S=S=S=S=S=S=S=S=S=S=S=S=S=S=S=S=S=S=S=S=S=S=S.c1ccc(-c2cc(-c3nc(-c4ccccc4)sc3-c3cc(-c4ccccc4)sc3-c3ccccc3)c(-c3ccccc3)s2)cc1. The fraction of sp³-hybridized carbons (Fsp3) is 0. The first-order valence-corrected chi connectivity index (χ1v) is 112. The van der Waals surface area contributed by atoms with Crippen LogP contribution in [-0.2, 0) is 493 Å². The van der Waals surface area contributed by atoms with E-state index in [0.717, 1.165) is 39.7 Å². The number of thiophene rings is 3. The second-order valence-corrected chi connectivity index (χ2v) is 123. The Kier molecular flexibility index (Phi) is 70.5. The van der Waals surface area contributed by atoms with Crippen molar-refractivity contribution in [3.63, 3.8) is 0 Å². The average Bonchev–Trinajstić information content (AvgIpc) is 1.60. The Bertz CT molecular complexity index is 8530. The molecular formula is C66H43Br3N2S60. The molecule has 0 spiro atoms. The van der Waals surface area contributed by atoms with Crippen LogP contribution in [-0.4, -0.2) is 9.97 Å². The molecular weight excluding hydrogens is 2980 g/mol. The molecule has 0 bridgehead atoms. The van der Waals surface area contributed by atoms with E-state index in [-0.39, 0.29) is 0 Å². The number of hydrogen-bond acceptors (Lipinski definition) is 9. The van der Waals surface area contributed by atoms with Crippen LogP contribution in [0, 0.1) is 0 Å². The second-order valence-electron chi connectivity index (χ2n) is 20.8. The van der Waals surface area contributed by atoms with E-state index in [1.165, 1.54) is 96.4 Å². The minimum Gasteiger partial charge on any atom is -0.235 e. The van der Waals surface area contributed by atoms with Crippen LogP contribution in [0.25, 0.3) is 105 Å². The Morgan fingerprint density at radius 1 is 0.191 bits per heavy atom. The van der Waals surface area contributed by atoms with Gasteiger partial charge >= 0.3 is 0 Å². The van der Waals surface area contributed by atoms with E-state index < -0.39 is 0 Å². The summed E-state index contributed by atoms with van der Waals surface area (Å²) in [6, 6.07) is 91.5. The smallest absolute Gasteiger partial charge is 0.132 e. The molecule has 0 unspecified atom stereocenters. The van der Waals surface area contributed by atoms with Gasteiger partial charge in [-0.25, -0.2) is 9.97 Å². The maximum Gasteiger partial charge on any atom is 0.132 e. The highest BCUT2D eigenvalue weighted by molar-refractivity contribution is 9.13. The van der Waals surface area contributed by atoms with Gasteiger partial charge in [0, 0.05) is 549 Å². The zero-order valence-corrected chi connectivity index (χ0v) is 117. The Labute approximate surface area is 965 Å². The quantitative estimate of drug-likeness (QED) is 0.136. The molecule has 0 aliphatic heterocycles. The summed E-state index contributed by atoms with van der Waals surface area (Å²) in [5.74, 6) is 0. The molecule has 0 aliphatic carbocycles. The molecule has 2 nitrogen and oxygen atoms in total. The predicted octanol–water partition coefficient (Wildman–Crippen LogP) is 23.0. The first-order valence-electron chi connectivity index (χ1n) is 33.3. The van der Waals surface area contributed by atoms with E-state index in [0.29, 0.717) is 0 Å². The van der Waals surface area contributed by atoms with E-state index in [9.17, 15) is 0 Å². The van der Waals surface area contributed by atoms with Crippen LogP contribution in [0.15, 0.2) is 274 Å². The van der Waals surface area contributed by atoms with Gasteiger partial charge in [0.1, 0.15) is 18.4 Å². The topological polar surface area (TPSA) is 25.8 Å². The zero-order valence-electron chi connectivity index (χ0n) is 62.8. The summed E-state index contributed by atoms with van der Waals surface area (Å²) in [5.41, 5.74) is 13.1. The summed E-state index contributed by atoms with van der Waals surface area (Å²) in [4.78, 5) is 18.6. The van der Waals surface area contributed by atoms with Crippen LogP contribution in [0.3, 0.4) is 0 Å². The lowest BCUT2D eigenvalue weighted by Gasteiger charge is -2.06. The molecule has 8 aromatic carbocycles. The van der Waals surface area contributed by atoms with Crippen molar-refractivity contribution < 1.29 is 0 Å². The normalized spacial score (nSPS) is 9.55. The van der Waals surface area contributed by atoms with Gasteiger partial charge in [0.2, 0.25) is 0 Å². The highest BCUT2D eigenvalue weighted by Gasteiger charge is 2.26. The predicted molar refractivity (Wildman–Crippen MR) is 747 cm³/mol. The molecule has 0 fully saturated rings. The van der Waals surface area contributed by atoms with Crippen LogP contribution in [0.4, 0.5) is 0 Å². The molecule has 0 radical (unpaired) electrons. The molecule has 13 aromatic rings. The van der Waals surface area contributed by atoms with Crippen LogP contribution >= 0.6 is 104 Å². The van der Waals surface area contributed by atoms with Crippen LogP contribution in [0.2, 0.25) is 0 Å². The Morgan fingerprint density at radius 3 is 0.649 bits per heavy atom. The van der Waals surface area contributed by atoms with E-state index in [1.54, 1.807) is 129 Å². The molecule has 65 heteroatoms. The molecule has 5 aromatic heterocycles. The summed E-state index contributed by atoms with van der Waals surface area (Å²) in [7, 11) is 94.9. The third-order valence-corrected chi connectivity index (χ3v) is 138. The third kappa shape index (κ3) is 49.3. The molecule has 0 amide bonds. The number of halogens is 3. The maximum atomic E-state index is 5.47. The molecule has 0 saturated heterocycles. The number of nitrogens with zero attached hydrogens (tertiary/aromatic N) is 2. The summed E-state index contributed by atoms with van der Waals surface area (Å²) in [5, 5.41) is 2.05. The second kappa shape index (κ2) is 77.9. The number of aromatic nitrogens is 2. The lowest BCUT2D eigenvalue weighted by molar-refractivity contribution is 1.35. The fourth-order valence-corrected chi connectivity index (χ4v) is 156. The first-order chi connectivity index (χ1) is 64.8. The minimum atomic E-state index is 0.872. The van der Waals surface area contributed by atoms with Crippen molar-refractivity contribution in [1.29, 1.82) is 0 Å². The number of hydrogen-bond donors (Lipinski definition) is 0. The number of benzene rings is 8. The molecule has 0 saturated carbocycles. The fourth-order valence-electron chi connectivity index (χ4n) is 9.08. The monoisotopic (exact) mass is 3020 g/mol. The molecule has 0 N–H and O–H groups in total. The Morgan fingerprint density at radius 2 is 0.397 bits per heavy atom. The van der Waals surface area contributed by atoms with Gasteiger partial charge in [-0.1, -0.05) is 243 Å². The zero-order chi connectivity index (χ0) is 91.1. The van der Waals surface area contributed by atoms with Crippen LogP contribution < -0.4 is 0 Å². The summed E-state index contributed by atoms with van der Waals surface area (Å²) >= 11 is 29.0. The van der Waals surface area contributed by atoms with Crippen LogP contribution in [0.5, 0.6) is 0 Å². The van der Waals surface area contributed by atoms with Gasteiger partial charge in [-0.05, 0) is 99.4 Å². The van der Waals surface area contributed by atoms with Crippen molar-refractivity contribution in [3.05, 3.63) is 274 Å². The first kappa shape index (κ1) is 119. The highest BCUT2D eigenvalue weighted by atomic mass is 79.9. The number of thiazole rings is 2. The van der Waals surface area contributed by atoms with Gasteiger partial charge < -0.3 is 0 Å². The molecule has 0 aliphatic rings. The highest BCUT2D eigenvalue weighted by Crippen LogP contribution is 2.53. The number of rotatable bonds is 10. The molecule has 131 heavy (non-hydrogen) atoms. The van der Waals surface area contributed by atoms with E-state index >= 15 is 0 Å². The lowest BCUT2D eigenvalue weighted by Crippen LogP contribution is -1.84. The Hall–Kier alpha value is 5.66. The van der Waals surface area contributed by atoms with Crippen molar-refractivity contribution in [2.24, 2.45) is 0 Å². The van der Waals surface area contributed by atoms with Gasteiger partial charge in [-0.2, -0.15) is 0 Å². The van der Waals surface area contributed by atoms with Crippen molar-refractivity contribution in [1.82, 2.24) is 9.97 Å². The van der Waals surface area contributed by atoms with Gasteiger partial charge in [0.15, 0.2) is 0 Å².